The van der Waals surface area contributed by atoms with E-state index in [0.717, 1.165) is 0 Å². The number of hydrogen-bond donors (Lipinski definition) is 0. The van der Waals surface area contributed by atoms with Crippen LogP contribution in [0.4, 0.5) is 22.0 Å². The van der Waals surface area contributed by atoms with Crippen molar-refractivity contribution in [1.29, 1.82) is 0 Å². The Hall–Kier alpha value is -0.0731. The molecule has 0 rings (SSSR count). The maximum absolute atomic E-state index is 12.3. The van der Waals surface area contributed by atoms with Gasteiger partial charge in [0.2, 0.25) is 0 Å². The Morgan fingerprint density at radius 2 is 1.43 bits per heavy atom. The van der Waals surface area contributed by atoms with Crippen LogP contribution in [0.1, 0.15) is 0 Å². The second kappa shape index (κ2) is 3.82. The van der Waals surface area contributed by atoms with Gasteiger partial charge in [-0.1, -0.05) is 0 Å². The predicted molar refractivity (Wildman–Crippen MR) is 43.0 cm³/mol. The Morgan fingerprint density at radius 1 is 1.07 bits per heavy atom. The molecule has 0 aromatic rings. The number of rotatable bonds is 3. The fourth-order valence-corrected chi connectivity index (χ4v) is 3.07. The van der Waals surface area contributed by atoms with Crippen LogP contribution in [0.25, 0.3) is 0 Å². The fourth-order valence-electron chi connectivity index (χ4n) is 0.410. The van der Waals surface area contributed by atoms with E-state index >= 15 is 0 Å². The van der Waals surface area contributed by atoms with Crippen LogP contribution in [-0.4, -0.2) is 20.2 Å². The lowest BCUT2D eigenvalue weighted by atomic mass is 10.7. The monoisotopic (exact) mass is 255 g/mol. The van der Waals surface area contributed by atoms with Gasteiger partial charge in [0, 0.05) is 0 Å². The number of alkyl halides is 5. The molecule has 0 aromatic heterocycles. The van der Waals surface area contributed by atoms with Gasteiger partial charge in [-0.2, -0.15) is 17.4 Å². The largest absolute Gasteiger partial charge is 0.585 e. The van der Waals surface area contributed by atoms with Gasteiger partial charge in [0.05, 0.1) is 0 Å². The summed E-state index contributed by atoms with van der Waals surface area (Å²) in [5.41, 5.74) is -5.28. The van der Waals surface area contributed by atoms with Crippen LogP contribution in [0, 0.1) is 0 Å². The van der Waals surface area contributed by atoms with E-state index < -0.39 is 28.2 Å². The summed E-state index contributed by atoms with van der Waals surface area (Å²) < 4.78 is 74.5. The third-order valence-corrected chi connectivity index (χ3v) is 4.49. The van der Waals surface area contributed by atoms with Gasteiger partial charge < -0.3 is 0 Å². The van der Waals surface area contributed by atoms with Gasteiger partial charge in [-0.3, -0.25) is 0 Å². The zero-order chi connectivity index (χ0) is 11.8. The minimum atomic E-state index is -5.83. The van der Waals surface area contributed by atoms with Crippen LogP contribution < -0.4 is 0 Å². The van der Waals surface area contributed by atoms with Crippen molar-refractivity contribution in [3.8, 4) is 0 Å². The normalized spacial score (nSPS) is 15.6. The zero-order valence-electron chi connectivity index (χ0n) is 7.65. The quantitative estimate of drug-likeness (QED) is 0.436. The highest BCUT2D eigenvalue weighted by Crippen LogP contribution is 2.54. The number of halogens is 5. The van der Waals surface area contributed by atoms with Crippen molar-refractivity contribution in [2.45, 2.75) is 31.5 Å². The zero-order valence-corrected chi connectivity index (χ0v) is 9.55. The van der Waals surface area contributed by atoms with Gasteiger partial charge in [-0.15, -0.1) is 8.78 Å². The first-order chi connectivity index (χ1) is 5.88. The van der Waals surface area contributed by atoms with Crippen LogP contribution >= 0.6 is 8.03 Å². The molecule has 0 aliphatic heterocycles. The molecule has 0 aromatic carbocycles. The summed E-state index contributed by atoms with van der Waals surface area (Å²) in [4.78, 5) is 0. The second-order valence-corrected chi connectivity index (χ2v) is 9.53. The van der Waals surface area contributed by atoms with Crippen LogP contribution in [0.2, 0.25) is 19.6 Å². The molecule has 9 heteroatoms. The summed E-state index contributed by atoms with van der Waals surface area (Å²) in [5.74, 6) is 0. The van der Waals surface area contributed by atoms with E-state index in [0.29, 0.717) is 0 Å². The van der Waals surface area contributed by atoms with E-state index in [4.69, 9.17) is 0 Å². The Labute approximate surface area is 79.4 Å². The van der Waals surface area contributed by atoms with E-state index in [1.165, 1.54) is 19.6 Å². The molecule has 0 bridgehead atoms. The maximum atomic E-state index is 12.3. The summed E-state index contributed by atoms with van der Waals surface area (Å²) in [7, 11) is -6.72. The van der Waals surface area contributed by atoms with Crippen molar-refractivity contribution in [1.82, 2.24) is 0 Å². The molecule has 0 fully saturated rings. The standard InChI is InChI=1S/C5H9F5O2PSi/c1-14(2,3)12-13(11)5(9,10)4(6,7)8/h1-3H3/q+1. The van der Waals surface area contributed by atoms with Crippen LogP contribution in [0.5, 0.6) is 0 Å². The third kappa shape index (κ3) is 3.59. The minimum Gasteiger partial charge on any atom is -0.197 e. The van der Waals surface area contributed by atoms with Crippen LogP contribution in [0.3, 0.4) is 0 Å². The van der Waals surface area contributed by atoms with Gasteiger partial charge in [-0.05, 0) is 24.2 Å². The molecule has 0 amide bonds. The van der Waals surface area contributed by atoms with Crippen molar-refractivity contribution in [3.63, 3.8) is 0 Å². The molecule has 0 heterocycles. The molecule has 2 nitrogen and oxygen atoms in total. The topological polar surface area (TPSA) is 26.3 Å². The van der Waals surface area contributed by atoms with Crippen molar-refractivity contribution < 1.29 is 30.7 Å². The molecule has 14 heavy (non-hydrogen) atoms. The van der Waals surface area contributed by atoms with Gasteiger partial charge >= 0.3 is 19.9 Å². The first-order valence-corrected chi connectivity index (χ1v) is 8.07. The highest BCUT2D eigenvalue weighted by molar-refractivity contribution is 7.42. The van der Waals surface area contributed by atoms with E-state index in [1.54, 1.807) is 0 Å². The molecule has 0 saturated heterocycles. The Morgan fingerprint density at radius 3 is 1.64 bits per heavy atom. The van der Waals surface area contributed by atoms with E-state index in [9.17, 15) is 26.5 Å². The van der Waals surface area contributed by atoms with Crippen molar-refractivity contribution in [2.24, 2.45) is 0 Å². The average Bonchev–Trinajstić information content (AvgIpc) is 1.80. The first kappa shape index (κ1) is 13.9. The molecule has 0 aliphatic carbocycles. The Balaban J connectivity index is 4.70. The summed E-state index contributed by atoms with van der Waals surface area (Å²) in [6.07, 6.45) is -5.83. The molecule has 0 N–H and O–H groups in total. The SMILES string of the molecule is C[Si](C)(C)O[P+](=O)C(F)(F)C(F)(F)F. The molecule has 1 atom stereocenters. The first-order valence-electron chi connectivity index (χ1n) is 3.49. The van der Waals surface area contributed by atoms with Crippen LogP contribution in [0.15, 0.2) is 0 Å². The average molecular weight is 255 g/mol. The lowest BCUT2D eigenvalue weighted by molar-refractivity contribution is -0.243. The summed E-state index contributed by atoms with van der Waals surface area (Å²) in [6, 6.07) is 0. The molecule has 0 radical (unpaired) electrons. The Bertz CT molecular complexity index is 233. The molecule has 0 aliphatic rings. The summed E-state index contributed by atoms with van der Waals surface area (Å²) in [5, 5.41) is 0. The van der Waals surface area contributed by atoms with Gasteiger partial charge in [0.15, 0.2) is 0 Å². The van der Waals surface area contributed by atoms with Crippen molar-refractivity contribution >= 4 is 16.3 Å². The second-order valence-electron chi connectivity index (χ2n) is 3.50. The van der Waals surface area contributed by atoms with Crippen LogP contribution in [-0.2, 0) is 8.78 Å². The third-order valence-electron chi connectivity index (χ3n) is 0.927. The van der Waals surface area contributed by atoms with Crippen molar-refractivity contribution in [3.05, 3.63) is 0 Å². The smallest absolute Gasteiger partial charge is 0.197 e. The molecular weight excluding hydrogens is 246 g/mol. The van der Waals surface area contributed by atoms with Crippen molar-refractivity contribution in [2.75, 3.05) is 0 Å². The number of hydrogen-bond acceptors (Lipinski definition) is 2. The lowest BCUT2D eigenvalue weighted by Gasteiger charge is -2.12. The van der Waals surface area contributed by atoms with E-state index in [2.05, 4.69) is 4.21 Å². The molecular formula is C5H9F5O2PSi+. The predicted octanol–water partition coefficient (Wildman–Crippen LogP) is 3.74. The molecule has 0 saturated carbocycles. The van der Waals surface area contributed by atoms with E-state index in [1.807, 2.05) is 0 Å². The van der Waals surface area contributed by atoms with Gasteiger partial charge in [0.1, 0.15) is 0 Å². The lowest BCUT2D eigenvalue weighted by Crippen LogP contribution is -2.35. The molecule has 84 valence electrons. The Kier molecular flexibility index (Phi) is 3.80. The van der Waals surface area contributed by atoms with E-state index in [-0.39, 0.29) is 0 Å². The van der Waals surface area contributed by atoms with Gasteiger partial charge in [0.25, 0.3) is 8.32 Å². The maximum Gasteiger partial charge on any atom is 0.585 e. The highest BCUT2D eigenvalue weighted by Gasteiger charge is 2.75. The fraction of sp³-hybridized carbons (Fsp3) is 1.00. The summed E-state index contributed by atoms with van der Waals surface area (Å²) in [6.45, 7) is 4.10. The summed E-state index contributed by atoms with van der Waals surface area (Å²) >= 11 is 0. The minimum absolute atomic E-state index is 1.37. The molecule has 1 unspecified atom stereocenters. The highest BCUT2D eigenvalue weighted by atomic mass is 31.1. The van der Waals surface area contributed by atoms with Gasteiger partial charge in [-0.25, -0.2) is 0 Å². The molecule has 0 spiro atoms.